The second kappa shape index (κ2) is 12.6. The van der Waals surface area contributed by atoms with Gasteiger partial charge in [-0.2, -0.15) is 8.78 Å². The number of nitrogens with two attached hydrogens (primary N) is 1. The number of hydrogen-bond acceptors (Lipinski definition) is 8. The number of aromatic nitrogens is 4. The number of alkyl halides is 2. The van der Waals surface area contributed by atoms with Crippen LogP contribution in [-0.2, 0) is 18.4 Å². The number of aromatic hydroxyl groups is 1. The second-order valence-electron chi connectivity index (χ2n) is 10.7. The molecule has 1 fully saturated rings. The van der Waals surface area contributed by atoms with Gasteiger partial charge in [-0.3, -0.25) is 19.3 Å². The van der Waals surface area contributed by atoms with Crippen molar-refractivity contribution >= 4 is 46.0 Å². The highest BCUT2D eigenvalue weighted by Gasteiger charge is 2.29. The number of fused-ring (bicyclic) bond motifs is 1. The van der Waals surface area contributed by atoms with Crippen LogP contribution in [-0.4, -0.2) is 79.6 Å². The lowest BCUT2D eigenvalue weighted by atomic mass is 10.0. The molecule has 4 N–H and O–H groups in total. The average Bonchev–Trinajstić information content (AvgIpc) is 3.33. The van der Waals surface area contributed by atoms with Crippen LogP contribution in [0.1, 0.15) is 17.3 Å². The summed E-state index contributed by atoms with van der Waals surface area (Å²) < 4.78 is 72.4. The molecule has 2 amide bonds. The first-order valence-corrected chi connectivity index (χ1v) is 14.0. The molecular formula is C28H26ClF5N8O4. The molecule has 4 aromatic rings. The largest absolute Gasteiger partial charge is 0.504 e. The standard InChI is InChI=1S/C28H26ClF5N8O4/c1-12-7-40(9-17(30)31)3-4-42(12)18-6-16(21(29)25(34)38-18)37-19(43)10-41-8-15(20-27(41)36-11-39(2)28(20)46)13-5-14(26(35)45)24(44)23(33)22(13)32/h5-6,8,11-12,17,44H,3-4,7,9-10H2,1-2H3,(H2,35,45)(H,37,38,43)/t12-/m0/s1. The molecule has 12 nitrogen and oxygen atoms in total. The zero-order chi connectivity index (χ0) is 33.6. The van der Waals surface area contributed by atoms with Gasteiger partial charge in [0.05, 0.1) is 29.5 Å². The summed E-state index contributed by atoms with van der Waals surface area (Å²) in [4.78, 5) is 49.4. The minimum atomic E-state index is -2.51. The molecule has 0 unspecified atom stereocenters. The molecule has 0 radical (unpaired) electrons. The van der Waals surface area contributed by atoms with Gasteiger partial charge in [-0.1, -0.05) is 11.6 Å². The van der Waals surface area contributed by atoms with Crippen LogP contribution in [0.25, 0.3) is 22.2 Å². The Bertz CT molecular complexity index is 1930. The molecule has 46 heavy (non-hydrogen) atoms. The number of amides is 2. The maximum Gasteiger partial charge on any atom is 0.263 e. The molecule has 1 aliphatic heterocycles. The Balaban J connectivity index is 1.48. The van der Waals surface area contributed by atoms with E-state index in [0.29, 0.717) is 0 Å². The number of carbonyl (C=O) groups excluding carboxylic acids is 2. The Labute approximate surface area is 261 Å². The Hall–Kier alpha value is -4.77. The number of nitrogens with zero attached hydrogens (tertiary/aromatic N) is 6. The average molecular weight is 669 g/mol. The van der Waals surface area contributed by atoms with E-state index in [1.165, 1.54) is 13.1 Å². The number of phenols is 1. The quantitative estimate of drug-likeness (QED) is 0.192. The Morgan fingerprint density at radius 3 is 2.54 bits per heavy atom. The molecule has 1 aromatic carbocycles. The fraction of sp³-hybridized carbons (Fsp3) is 0.321. The van der Waals surface area contributed by atoms with E-state index >= 15 is 4.39 Å². The van der Waals surface area contributed by atoms with Crippen molar-refractivity contribution in [2.75, 3.05) is 36.4 Å². The van der Waals surface area contributed by atoms with Crippen LogP contribution < -0.4 is 21.5 Å². The number of piperazine rings is 1. The summed E-state index contributed by atoms with van der Waals surface area (Å²) in [7, 11) is 1.35. The number of pyridine rings is 1. The molecule has 1 aliphatic rings. The van der Waals surface area contributed by atoms with E-state index in [9.17, 15) is 37.1 Å². The van der Waals surface area contributed by atoms with Gasteiger partial charge in [-0.15, -0.1) is 0 Å². The van der Waals surface area contributed by atoms with Gasteiger partial charge in [0.1, 0.15) is 23.0 Å². The van der Waals surface area contributed by atoms with Crippen LogP contribution in [0.5, 0.6) is 5.75 Å². The lowest BCUT2D eigenvalue weighted by Crippen LogP contribution is -2.53. The molecule has 3 aromatic heterocycles. The zero-order valence-electron chi connectivity index (χ0n) is 24.2. The SMILES string of the molecule is C[C@H]1CN(CC(F)F)CCN1c1cc(NC(=O)Cn2cc(-c3cc(C(N)=O)c(O)c(F)c3F)c3c(=O)n(C)cnc32)c(Cl)c(F)n1. The summed E-state index contributed by atoms with van der Waals surface area (Å²) in [6.45, 7) is 1.55. The summed E-state index contributed by atoms with van der Waals surface area (Å²) in [6.07, 6.45) is -0.249. The predicted octanol–water partition coefficient (Wildman–Crippen LogP) is 3.09. The van der Waals surface area contributed by atoms with Crippen molar-refractivity contribution in [3.8, 4) is 16.9 Å². The summed E-state index contributed by atoms with van der Waals surface area (Å²) in [5, 5.41) is 11.6. The zero-order valence-corrected chi connectivity index (χ0v) is 25.0. The number of carbonyl (C=O) groups is 2. The van der Waals surface area contributed by atoms with Crippen molar-refractivity contribution in [1.82, 2.24) is 24.0 Å². The normalized spacial score (nSPS) is 15.6. The molecule has 0 saturated carbocycles. The third kappa shape index (κ3) is 6.06. The lowest BCUT2D eigenvalue weighted by Gasteiger charge is -2.40. The van der Waals surface area contributed by atoms with Gasteiger partial charge in [0.15, 0.2) is 11.6 Å². The molecule has 4 heterocycles. The summed E-state index contributed by atoms with van der Waals surface area (Å²) in [6, 6.07) is 1.77. The molecule has 244 valence electrons. The molecule has 5 rings (SSSR count). The smallest absolute Gasteiger partial charge is 0.263 e. The number of nitrogens with one attached hydrogen (secondary N) is 1. The van der Waals surface area contributed by atoms with Crippen LogP contribution in [0.3, 0.4) is 0 Å². The highest BCUT2D eigenvalue weighted by atomic mass is 35.5. The monoisotopic (exact) mass is 668 g/mol. The lowest BCUT2D eigenvalue weighted by molar-refractivity contribution is -0.116. The van der Waals surface area contributed by atoms with Gasteiger partial charge in [-0.05, 0) is 13.0 Å². The highest BCUT2D eigenvalue weighted by molar-refractivity contribution is 6.33. The van der Waals surface area contributed by atoms with E-state index < -0.39 is 76.4 Å². The molecule has 1 atom stereocenters. The molecule has 1 saturated heterocycles. The molecule has 18 heteroatoms. The van der Waals surface area contributed by atoms with Gasteiger partial charge in [0.2, 0.25) is 17.7 Å². The van der Waals surface area contributed by atoms with Crippen molar-refractivity contribution in [3.63, 3.8) is 0 Å². The van der Waals surface area contributed by atoms with Crippen LogP contribution in [0.15, 0.2) is 29.5 Å². The molecular weight excluding hydrogens is 643 g/mol. The first kappa shape index (κ1) is 32.6. The van der Waals surface area contributed by atoms with Crippen molar-refractivity contribution in [3.05, 3.63) is 63.2 Å². The topological polar surface area (TPSA) is 152 Å². The van der Waals surface area contributed by atoms with Gasteiger partial charge >= 0.3 is 0 Å². The van der Waals surface area contributed by atoms with Gasteiger partial charge in [0.25, 0.3) is 17.9 Å². The molecule has 0 spiro atoms. The Morgan fingerprint density at radius 2 is 1.89 bits per heavy atom. The second-order valence-corrected chi connectivity index (χ2v) is 11.1. The maximum atomic E-state index is 15.1. The highest BCUT2D eigenvalue weighted by Crippen LogP contribution is 2.36. The van der Waals surface area contributed by atoms with E-state index in [1.54, 1.807) is 16.7 Å². The Kier molecular flexibility index (Phi) is 8.90. The van der Waals surface area contributed by atoms with E-state index in [4.69, 9.17) is 17.3 Å². The van der Waals surface area contributed by atoms with E-state index in [-0.39, 0.29) is 53.8 Å². The number of hydrogen-bond donors (Lipinski definition) is 3. The maximum absolute atomic E-state index is 15.1. The van der Waals surface area contributed by atoms with Crippen molar-refractivity contribution in [1.29, 1.82) is 0 Å². The van der Waals surface area contributed by atoms with Crippen LogP contribution >= 0.6 is 11.6 Å². The number of rotatable bonds is 8. The summed E-state index contributed by atoms with van der Waals surface area (Å²) in [5.74, 6) is -7.73. The van der Waals surface area contributed by atoms with Crippen molar-refractivity contribution in [2.45, 2.75) is 25.9 Å². The van der Waals surface area contributed by atoms with E-state index in [0.717, 1.165) is 27.7 Å². The van der Waals surface area contributed by atoms with Crippen LogP contribution in [0, 0.1) is 17.6 Å². The van der Waals surface area contributed by atoms with Gasteiger partial charge in [0, 0.05) is 56.1 Å². The van der Waals surface area contributed by atoms with Crippen molar-refractivity contribution in [2.24, 2.45) is 12.8 Å². The van der Waals surface area contributed by atoms with E-state index in [2.05, 4.69) is 15.3 Å². The molecule has 0 aliphatic carbocycles. The third-order valence-electron chi connectivity index (χ3n) is 7.57. The van der Waals surface area contributed by atoms with Crippen LogP contribution in [0.4, 0.5) is 33.5 Å². The summed E-state index contributed by atoms with van der Waals surface area (Å²) in [5.41, 5.74) is 2.61. The van der Waals surface area contributed by atoms with Crippen molar-refractivity contribution < 1.29 is 36.6 Å². The minimum absolute atomic E-state index is 0.107. The number of primary amides is 1. The number of halogens is 6. The minimum Gasteiger partial charge on any atom is -0.504 e. The fourth-order valence-electron chi connectivity index (χ4n) is 5.39. The van der Waals surface area contributed by atoms with Crippen LogP contribution in [0.2, 0.25) is 5.02 Å². The summed E-state index contributed by atoms with van der Waals surface area (Å²) >= 11 is 6.11. The number of anilines is 2. The fourth-order valence-corrected chi connectivity index (χ4v) is 5.54. The Morgan fingerprint density at radius 1 is 1.17 bits per heavy atom. The van der Waals surface area contributed by atoms with E-state index in [1.807, 2.05) is 0 Å². The number of benzene rings is 1. The van der Waals surface area contributed by atoms with Gasteiger partial charge in [-0.25, -0.2) is 23.1 Å². The molecule has 0 bridgehead atoms. The first-order chi connectivity index (χ1) is 21.7. The first-order valence-electron chi connectivity index (χ1n) is 13.7. The predicted molar refractivity (Wildman–Crippen MR) is 158 cm³/mol. The van der Waals surface area contributed by atoms with Gasteiger partial charge < -0.3 is 30.2 Å². The number of aryl methyl sites for hydroxylation is 1. The third-order valence-corrected chi connectivity index (χ3v) is 7.93.